The summed E-state index contributed by atoms with van der Waals surface area (Å²) >= 11 is 6.27. The second-order valence-corrected chi connectivity index (χ2v) is 8.19. The molecule has 1 aliphatic heterocycles. The van der Waals surface area contributed by atoms with Crippen LogP contribution in [0.5, 0.6) is 0 Å². The molecule has 1 fully saturated rings. The van der Waals surface area contributed by atoms with Crippen molar-refractivity contribution in [3.05, 3.63) is 64.7 Å². The summed E-state index contributed by atoms with van der Waals surface area (Å²) in [7, 11) is 0. The van der Waals surface area contributed by atoms with Crippen LogP contribution in [0.2, 0.25) is 5.02 Å². The van der Waals surface area contributed by atoms with Gasteiger partial charge in [-0.2, -0.15) is 0 Å². The molecule has 3 rings (SSSR count). The van der Waals surface area contributed by atoms with E-state index in [2.05, 4.69) is 22.5 Å². The maximum Gasteiger partial charge on any atom is 0.253 e. The summed E-state index contributed by atoms with van der Waals surface area (Å²) in [6.45, 7) is 5.22. The number of rotatable bonds is 8. The van der Waals surface area contributed by atoms with Crippen LogP contribution in [0, 0.1) is 5.92 Å². The Hall–Kier alpha value is -2.37. The molecular weight excluding hydrogens is 398 g/mol. The molecule has 0 aliphatic carbocycles. The Labute approximate surface area is 183 Å². The normalized spacial score (nSPS) is 15.0. The zero-order valence-corrected chi connectivity index (χ0v) is 18.3. The Balaban J connectivity index is 1.54. The summed E-state index contributed by atoms with van der Waals surface area (Å²) in [6, 6.07) is 15.1. The van der Waals surface area contributed by atoms with Crippen molar-refractivity contribution in [2.45, 2.75) is 39.2 Å². The molecule has 1 heterocycles. The molecule has 2 aromatic rings. The molecule has 160 valence electrons. The fourth-order valence-electron chi connectivity index (χ4n) is 3.72. The van der Waals surface area contributed by atoms with Gasteiger partial charge in [0.2, 0.25) is 5.91 Å². The summed E-state index contributed by atoms with van der Waals surface area (Å²) in [4.78, 5) is 27.6. The Bertz CT molecular complexity index is 863. The first-order valence-corrected chi connectivity index (χ1v) is 11.1. The molecule has 0 bridgehead atoms. The molecule has 2 amide bonds. The highest BCUT2D eigenvalue weighted by molar-refractivity contribution is 6.31. The largest absolute Gasteiger partial charge is 0.352 e. The SMILES string of the molecule is CCCCNC(=O)c1ccccc1NC(=O)C1CCN(Cc2ccccc2Cl)CC1. The highest BCUT2D eigenvalue weighted by Crippen LogP contribution is 2.24. The van der Waals surface area contributed by atoms with Crippen molar-refractivity contribution < 1.29 is 9.59 Å². The number of carbonyl (C=O) groups is 2. The predicted molar refractivity (Wildman–Crippen MR) is 122 cm³/mol. The van der Waals surface area contributed by atoms with E-state index < -0.39 is 0 Å². The summed E-state index contributed by atoms with van der Waals surface area (Å²) in [5.74, 6) is -0.209. The van der Waals surface area contributed by atoms with Crippen LogP contribution in [0.3, 0.4) is 0 Å². The van der Waals surface area contributed by atoms with Crippen molar-refractivity contribution in [2.75, 3.05) is 25.0 Å². The molecule has 5 nitrogen and oxygen atoms in total. The molecule has 0 atom stereocenters. The number of likely N-dealkylation sites (tertiary alicyclic amines) is 1. The first kappa shape index (κ1) is 22.3. The van der Waals surface area contributed by atoms with E-state index >= 15 is 0 Å². The van der Waals surface area contributed by atoms with Gasteiger partial charge in [0.1, 0.15) is 0 Å². The highest BCUT2D eigenvalue weighted by Gasteiger charge is 2.26. The third-order valence-electron chi connectivity index (χ3n) is 5.56. The van der Waals surface area contributed by atoms with E-state index in [1.807, 2.05) is 36.4 Å². The molecule has 0 unspecified atom stereocenters. The molecule has 2 N–H and O–H groups in total. The second-order valence-electron chi connectivity index (χ2n) is 7.79. The lowest BCUT2D eigenvalue weighted by molar-refractivity contribution is -0.121. The minimum atomic E-state index is -0.145. The first-order valence-electron chi connectivity index (χ1n) is 10.7. The van der Waals surface area contributed by atoms with Crippen LogP contribution in [0.1, 0.15) is 48.5 Å². The van der Waals surface area contributed by atoms with E-state index in [1.54, 1.807) is 12.1 Å². The Morgan fingerprint density at radius 1 is 1.07 bits per heavy atom. The van der Waals surface area contributed by atoms with E-state index in [0.717, 1.165) is 55.9 Å². The molecule has 0 saturated carbocycles. The summed E-state index contributed by atoms with van der Waals surface area (Å²) in [6.07, 6.45) is 3.54. The number of amides is 2. The fourth-order valence-corrected chi connectivity index (χ4v) is 3.92. The van der Waals surface area contributed by atoms with Crippen molar-refractivity contribution in [1.82, 2.24) is 10.2 Å². The van der Waals surface area contributed by atoms with Gasteiger partial charge in [0, 0.05) is 24.0 Å². The average molecular weight is 428 g/mol. The van der Waals surface area contributed by atoms with Crippen LogP contribution in [-0.4, -0.2) is 36.3 Å². The van der Waals surface area contributed by atoms with Crippen molar-refractivity contribution >= 4 is 29.1 Å². The van der Waals surface area contributed by atoms with Gasteiger partial charge in [-0.1, -0.05) is 55.3 Å². The predicted octanol–water partition coefficient (Wildman–Crippen LogP) is 4.72. The van der Waals surface area contributed by atoms with E-state index in [0.29, 0.717) is 17.8 Å². The van der Waals surface area contributed by atoms with Crippen LogP contribution < -0.4 is 10.6 Å². The average Bonchev–Trinajstić information content (AvgIpc) is 2.76. The minimum Gasteiger partial charge on any atom is -0.352 e. The third kappa shape index (κ3) is 6.07. The van der Waals surface area contributed by atoms with Crippen molar-refractivity contribution in [2.24, 2.45) is 5.92 Å². The monoisotopic (exact) mass is 427 g/mol. The highest BCUT2D eigenvalue weighted by atomic mass is 35.5. The van der Waals surface area contributed by atoms with E-state index in [1.165, 1.54) is 0 Å². The lowest BCUT2D eigenvalue weighted by Crippen LogP contribution is -2.38. The number of nitrogens with zero attached hydrogens (tertiary/aromatic N) is 1. The third-order valence-corrected chi connectivity index (χ3v) is 5.92. The lowest BCUT2D eigenvalue weighted by Gasteiger charge is -2.31. The second kappa shape index (κ2) is 11.1. The van der Waals surface area contributed by atoms with Crippen molar-refractivity contribution in [3.63, 3.8) is 0 Å². The summed E-state index contributed by atoms with van der Waals surface area (Å²) in [5.41, 5.74) is 2.21. The van der Waals surface area contributed by atoms with Gasteiger partial charge in [-0.3, -0.25) is 14.5 Å². The topological polar surface area (TPSA) is 61.4 Å². The Morgan fingerprint density at radius 3 is 2.50 bits per heavy atom. The first-order chi connectivity index (χ1) is 14.6. The van der Waals surface area contributed by atoms with E-state index in [4.69, 9.17) is 11.6 Å². The van der Waals surface area contributed by atoms with Gasteiger partial charge >= 0.3 is 0 Å². The van der Waals surface area contributed by atoms with Gasteiger partial charge in [0.05, 0.1) is 11.3 Å². The number of unbranched alkanes of at least 4 members (excludes halogenated alkanes) is 1. The van der Waals surface area contributed by atoms with Gasteiger partial charge in [-0.05, 0) is 56.1 Å². The quantitative estimate of drug-likeness (QED) is 0.599. The standard InChI is InChI=1S/C24H30ClN3O2/c1-2-3-14-26-24(30)20-9-5-7-11-22(20)27-23(29)18-12-15-28(16-13-18)17-19-8-4-6-10-21(19)25/h4-11,18H,2-3,12-17H2,1H3,(H,26,30)(H,27,29). The molecule has 0 spiro atoms. The van der Waals surface area contributed by atoms with Gasteiger partial charge in [0.15, 0.2) is 0 Å². The number of carbonyl (C=O) groups excluding carboxylic acids is 2. The zero-order valence-electron chi connectivity index (χ0n) is 17.5. The molecule has 0 aromatic heterocycles. The molecular formula is C24H30ClN3O2. The van der Waals surface area contributed by atoms with E-state index in [9.17, 15) is 9.59 Å². The number of hydrogen-bond acceptors (Lipinski definition) is 3. The van der Waals surface area contributed by atoms with Crippen LogP contribution >= 0.6 is 11.6 Å². The molecule has 30 heavy (non-hydrogen) atoms. The summed E-state index contributed by atoms with van der Waals surface area (Å²) in [5, 5.41) is 6.69. The molecule has 6 heteroatoms. The van der Waals surface area contributed by atoms with Crippen molar-refractivity contribution in [1.29, 1.82) is 0 Å². The molecule has 0 radical (unpaired) electrons. The maximum atomic E-state index is 12.8. The lowest BCUT2D eigenvalue weighted by atomic mass is 9.95. The Kier molecular flexibility index (Phi) is 8.29. The number of nitrogens with one attached hydrogen (secondary N) is 2. The maximum absolute atomic E-state index is 12.8. The van der Waals surface area contributed by atoms with E-state index in [-0.39, 0.29) is 17.7 Å². The molecule has 2 aromatic carbocycles. The summed E-state index contributed by atoms with van der Waals surface area (Å²) < 4.78 is 0. The van der Waals surface area contributed by atoms with Gasteiger partial charge in [0.25, 0.3) is 5.91 Å². The van der Waals surface area contributed by atoms with Crippen molar-refractivity contribution in [3.8, 4) is 0 Å². The van der Waals surface area contributed by atoms with Crippen LogP contribution in [-0.2, 0) is 11.3 Å². The zero-order chi connectivity index (χ0) is 21.3. The smallest absolute Gasteiger partial charge is 0.253 e. The molecule has 1 aliphatic rings. The fraction of sp³-hybridized carbons (Fsp3) is 0.417. The number of benzene rings is 2. The van der Waals surface area contributed by atoms with Gasteiger partial charge < -0.3 is 10.6 Å². The number of hydrogen-bond donors (Lipinski definition) is 2. The Morgan fingerprint density at radius 2 is 1.77 bits per heavy atom. The van der Waals surface area contributed by atoms with Crippen LogP contribution in [0.25, 0.3) is 0 Å². The minimum absolute atomic E-state index is 0.0128. The number of halogens is 1. The number of anilines is 1. The number of piperidine rings is 1. The van der Waals surface area contributed by atoms with Gasteiger partial charge in [-0.15, -0.1) is 0 Å². The van der Waals surface area contributed by atoms with Crippen LogP contribution in [0.15, 0.2) is 48.5 Å². The molecule has 1 saturated heterocycles. The van der Waals surface area contributed by atoms with Gasteiger partial charge in [-0.25, -0.2) is 0 Å². The number of para-hydroxylation sites is 1. The van der Waals surface area contributed by atoms with Crippen LogP contribution in [0.4, 0.5) is 5.69 Å².